The van der Waals surface area contributed by atoms with E-state index in [0.717, 1.165) is 4.90 Å². The van der Waals surface area contributed by atoms with Gasteiger partial charge in [-0.05, 0) is 32.8 Å². The molecule has 9 nitrogen and oxygen atoms in total. The van der Waals surface area contributed by atoms with Crippen LogP contribution in [0.4, 0.5) is 26.7 Å². The average molecular weight is 574 g/mol. The van der Waals surface area contributed by atoms with E-state index in [1.54, 1.807) is 37.3 Å². The van der Waals surface area contributed by atoms with Crippen molar-refractivity contribution in [2.24, 2.45) is 0 Å². The molecule has 2 N–H and O–H groups in total. The summed E-state index contributed by atoms with van der Waals surface area (Å²) in [6.45, 7) is 1.87. The number of nitrogens with one attached hydrogen (secondary N) is 2. The van der Waals surface area contributed by atoms with Crippen molar-refractivity contribution < 1.29 is 50.6 Å². The van der Waals surface area contributed by atoms with E-state index < -0.39 is 90.1 Å². The van der Waals surface area contributed by atoms with E-state index in [9.17, 15) is 41.1 Å². The third kappa shape index (κ3) is 8.13. The molecule has 2 aromatic rings. The van der Waals surface area contributed by atoms with Crippen molar-refractivity contribution in [3.8, 4) is 0 Å². The van der Waals surface area contributed by atoms with Gasteiger partial charge in [0.15, 0.2) is 23.3 Å². The van der Waals surface area contributed by atoms with E-state index in [1.165, 1.54) is 13.8 Å². The fourth-order valence-electron chi connectivity index (χ4n) is 3.53. The largest absolute Gasteiger partial charge is 0.465 e. The van der Waals surface area contributed by atoms with E-state index in [1.807, 2.05) is 0 Å². The molecular weight excluding hydrogens is 545 g/mol. The van der Waals surface area contributed by atoms with Gasteiger partial charge >= 0.3 is 12.1 Å². The Morgan fingerprint density at radius 2 is 1.40 bits per heavy atom. The summed E-state index contributed by atoms with van der Waals surface area (Å²) < 4.78 is 79.0. The van der Waals surface area contributed by atoms with Gasteiger partial charge in [0.1, 0.15) is 25.2 Å². The van der Waals surface area contributed by atoms with E-state index >= 15 is 0 Å². The summed E-state index contributed by atoms with van der Waals surface area (Å²) in [6, 6.07) is 8.58. The van der Waals surface area contributed by atoms with Crippen molar-refractivity contribution in [1.82, 2.24) is 15.5 Å². The first-order valence-corrected chi connectivity index (χ1v) is 12.0. The summed E-state index contributed by atoms with van der Waals surface area (Å²) in [5, 5.41) is 4.44. The van der Waals surface area contributed by atoms with Crippen molar-refractivity contribution in [3.63, 3.8) is 0 Å². The van der Waals surface area contributed by atoms with Crippen LogP contribution in [0.2, 0.25) is 0 Å². The molecule has 2 aromatic carbocycles. The Labute approximate surface area is 226 Å². The monoisotopic (exact) mass is 573 g/mol. The molecule has 0 radical (unpaired) electrons. The van der Waals surface area contributed by atoms with Gasteiger partial charge in [-0.1, -0.05) is 30.3 Å². The normalized spacial score (nSPS) is 11.0. The van der Waals surface area contributed by atoms with Crippen LogP contribution in [0.25, 0.3) is 0 Å². The minimum absolute atomic E-state index is 0.0384. The van der Waals surface area contributed by atoms with E-state index in [-0.39, 0.29) is 13.2 Å². The molecular formula is C26H28F5N3O6. The molecule has 0 spiro atoms. The number of rotatable bonds is 12. The van der Waals surface area contributed by atoms with Crippen LogP contribution in [-0.4, -0.2) is 60.6 Å². The molecule has 3 amide bonds. The van der Waals surface area contributed by atoms with Crippen LogP contribution in [-0.2, 0) is 36.9 Å². The van der Waals surface area contributed by atoms with Crippen LogP contribution in [0.15, 0.2) is 30.3 Å². The fraction of sp³-hybridized carbons (Fsp3) is 0.385. The van der Waals surface area contributed by atoms with E-state index in [0.29, 0.717) is 5.56 Å². The highest BCUT2D eigenvalue weighted by Gasteiger charge is 2.38. The Morgan fingerprint density at radius 3 is 1.98 bits per heavy atom. The van der Waals surface area contributed by atoms with Gasteiger partial charge in [0, 0.05) is 12.1 Å². The lowest BCUT2D eigenvalue weighted by atomic mass is 9.99. The maximum Gasteiger partial charge on any atom is 0.407 e. The third-order valence-corrected chi connectivity index (χ3v) is 5.71. The van der Waals surface area contributed by atoms with Crippen LogP contribution in [0.3, 0.4) is 0 Å². The number of nitrogens with zero attached hydrogens (tertiary/aromatic N) is 1. The third-order valence-electron chi connectivity index (χ3n) is 5.71. The molecule has 14 heteroatoms. The van der Waals surface area contributed by atoms with Crippen LogP contribution >= 0.6 is 0 Å². The standard InChI is InChI=1S/C26H28F5N3O6/c1-4-39-18(36)13-32-24(37)26(2,3)34(11-10-16-19(27)21(29)23(31)22(30)20(16)28)17(35)12-33-25(38)40-14-15-8-6-5-7-9-15/h5-9H,4,10-14H2,1-3H3,(H,32,37)(H,33,38). The molecule has 40 heavy (non-hydrogen) atoms. The zero-order valence-electron chi connectivity index (χ0n) is 21.9. The van der Waals surface area contributed by atoms with Crippen LogP contribution < -0.4 is 10.6 Å². The molecule has 0 fully saturated rings. The highest BCUT2D eigenvalue weighted by atomic mass is 19.2. The first-order chi connectivity index (χ1) is 18.8. The number of ether oxygens (including phenoxy) is 2. The zero-order chi connectivity index (χ0) is 30.0. The van der Waals surface area contributed by atoms with Gasteiger partial charge in [0.05, 0.1) is 6.61 Å². The summed E-state index contributed by atoms with van der Waals surface area (Å²) in [4.78, 5) is 50.4. The number of hydrogen-bond donors (Lipinski definition) is 2. The topological polar surface area (TPSA) is 114 Å². The lowest BCUT2D eigenvalue weighted by Crippen LogP contribution is -2.59. The number of hydrogen-bond acceptors (Lipinski definition) is 6. The summed E-state index contributed by atoms with van der Waals surface area (Å²) in [5.74, 6) is -13.5. The molecule has 0 atom stereocenters. The van der Waals surface area contributed by atoms with Crippen molar-refractivity contribution in [3.05, 3.63) is 70.5 Å². The van der Waals surface area contributed by atoms with Gasteiger partial charge in [-0.3, -0.25) is 14.4 Å². The lowest BCUT2D eigenvalue weighted by molar-refractivity contribution is -0.148. The van der Waals surface area contributed by atoms with E-state index in [4.69, 9.17) is 9.47 Å². The number of amides is 3. The number of esters is 1. The Balaban J connectivity index is 2.21. The molecule has 0 aliphatic rings. The van der Waals surface area contributed by atoms with Gasteiger partial charge in [0.2, 0.25) is 17.6 Å². The SMILES string of the molecule is CCOC(=O)CNC(=O)C(C)(C)N(CCc1c(F)c(F)c(F)c(F)c1F)C(=O)CNC(=O)OCc1ccccc1. The molecule has 0 bridgehead atoms. The summed E-state index contributed by atoms with van der Waals surface area (Å²) >= 11 is 0. The van der Waals surface area contributed by atoms with Crippen molar-refractivity contribution in [2.75, 3.05) is 26.2 Å². The molecule has 0 unspecified atom stereocenters. The zero-order valence-corrected chi connectivity index (χ0v) is 21.9. The molecule has 0 aromatic heterocycles. The molecule has 2 rings (SSSR count). The molecule has 0 saturated heterocycles. The Hall–Kier alpha value is -4.23. The van der Waals surface area contributed by atoms with Crippen LogP contribution in [0.1, 0.15) is 31.9 Å². The van der Waals surface area contributed by atoms with Crippen molar-refractivity contribution >= 4 is 23.9 Å². The first-order valence-electron chi connectivity index (χ1n) is 12.0. The second-order valence-electron chi connectivity index (χ2n) is 8.81. The quantitative estimate of drug-likeness (QED) is 0.175. The number of carbonyl (C=O) groups excluding carboxylic acids is 4. The van der Waals surface area contributed by atoms with Gasteiger partial charge in [-0.15, -0.1) is 0 Å². The van der Waals surface area contributed by atoms with Gasteiger partial charge < -0.3 is 25.0 Å². The van der Waals surface area contributed by atoms with Gasteiger partial charge in [0.25, 0.3) is 0 Å². The molecule has 0 heterocycles. The van der Waals surface area contributed by atoms with Crippen LogP contribution in [0, 0.1) is 29.1 Å². The molecule has 0 saturated carbocycles. The van der Waals surface area contributed by atoms with E-state index in [2.05, 4.69) is 10.6 Å². The van der Waals surface area contributed by atoms with Gasteiger partial charge in [-0.2, -0.15) is 0 Å². The van der Waals surface area contributed by atoms with Crippen LogP contribution in [0.5, 0.6) is 0 Å². The van der Waals surface area contributed by atoms with Crippen molar-refractivity contribution in [1.29, 1.82) is 0 Å². The maximum absolute atomic E-state index is 14.2. The first kappa shape index (κ1) is 32.0. The smallest absolute Gasteiger partial charge is 0.407 e. The summed E-state index contributed by atoms with van der Waals surface area (Å²) in [5.41, 5.74) is -2.37. The van der Waals surface area contributed by atoms with Crippen molar-refractivity contribution in [2.45, 2.75) is 39.3 Å². The minimum Gasteiger partial charge on any atom is -0.465 e. The number of benzene rings is 2. The average Bonchev–Trinajstić information content (AvgIpc) is 2.93. The summed E-state index contributed by atoms with van der Waals surface area (Å²) in [6.07, 6.45) is -1.88. The second kappa shape index (κ2) is 14.2. The number of alkyl carbamates (subject to hydrolysis) is 1. The maximum atomic E-state index is 14.2. The molecule has 218 valence electrons. The Kier molecular flexibility index (Phi) is 11.4. The fourth-order valence-corrected chi connectivity index (χ4v) is 3.53. The minimum atomic E-state index is -2.34. The molecule has 0 aliphatic heterocycles. The summed E-state index contributed by atoms with van der Waals surface area (Å²) in [7, 11) is 0. The number of halogens is 5. The number of carbonyl (C=O) groups is 4. The lowest BCUT2D eigenvalue weighted by Gasteiger charge is -2.37. The highest BCUT2D eigenvalue weighted by Crippen LogP contribution is 2.25. The molecule has 0 aliphatic carbocycles. The second-order valence-corrected chi connectivity index (χ2v) is 8.81. The highest BCUT2D eigenvalue weighted by molar-refractivity contribution is 5.93. The predicted molar refractivity (Wildman–Crippen MR) is 130 cm³/mol. The Morgan fingerprint density at radius 1 is 0.825 bits per heavy atom. The Bertz CT molecular complexity index is 1210. The van der Waals surface area contributed by atoms with Gasteiger partial charge in [-0.25, -0.2) is 26.7 Å². The predicted octanol–water partition coefficient (Wildman–Crippen LogP) is 3.14.